The molecule has 0 saturated heterocycles. The highest BCUT2D eigenvalue weighted by Crippen LogP contribution is 2.28. The standard InChI is InChI=1S/C18H20N4O2.C17H17NO3/c1-10-4-5-11(2)15(6-10)12-7-13(16(23)21-3)9-14(8-12)17(24)22-18(19)20;1-10-4-5-11(2)15(6-10)12-7-13(16(19)18-3)9-14(8-12)17(20)21/h4-9H,1-3H3,(H,21,23)(H4,19,20,22,24);4-9H,1-3H3,(H,18,19)(H,20,21). The zero-order valence-corrected chi connectivity index (χ0v) is 26.1. The maximum atomic E-state index is 12.2. The van der Waals surface area contributed by atoms with Crippen molar-refractivity contribution in [2.45, 2.75) is 27.7 Å². The zero-order valence-electron chi connectivity index (χ0n) is 26.1. The molecule has 0 fully saturated rings. The molecule has 4 rings (SSSR count). The molecular formula is C35H37N5O5. The van der Waals surface area contributed by atoms with Crippen molar-refractivity contribution in [3.05, 3.63) is 117 Å². The lowest BCUT2D eigenvalue weighted by Gasteiger charge is -2.11. The van der Waals surface area contributed by atoms with Gasteiger partial charge in [0, 0.05) is 30.8 Å². The second-order valence-electron chi connectivity index (χ2n) is 10.5. The van der Waals surface area contributed by atoms with Gasteiger partial charge in [0.15, 0.2) is 5.96 Å². The Bertz CT molecular complexity index is 1820. The molecule has 10 nitrogen and oxygen atoms in total. The molecule has 0 bridgehead atoms. The number of carbonyl (C=O) groups is 4. The van der Waals surface area contributed by atoms with Crippen molar-refractivity contribution >= 4 is 29.7 Å². The van der Waals surface area contributed by atoms with Crippen molar-refractivity contribution in [3.63, 3.8) is 0 Å². The first-order chi connectivity index (χ1) is 21.2. The predicted molar refractivity (Wildman–Crippen MR) is 177 cm³/mol. The maximum Gasteiger partial charge on any atom is 0.335 e. The van der Waals surface area contributed by atoms with E-state index in [2.05, 4.69) is 15.6 Å². The summed E-state index contributed by atoms with van der Waals surface area (Å²) in [5, 5.41) is 14.3. The Morgan fingerprint density at radius 1 is 0.600 bits per heavy atom. The Labute approximate surface area is 262 Å². The highest BCUT2D eigenvalue weighted by atomic mass is 16.4. The maximum absolute atomic E-state index is 12.2. The second kappa shape index (κ2) is 14.6. The summed E-state index contributed by atoms with van der Waals surface area (Å²) in [4.78, 5) is 50.9. The average molecular weight is 608 g/mol. The molecule has 7 N–H and O–H groups in total. The van der Waals surface area contributed by atoms with Crippen molar-refractivity contribution in [2.75, 3.05) is 14.1 Å². The topological polar surface area (TPSA) is 177 Å². The van der Waals surface area contributed by atoms with Gasteiger partial charge in [-0.1, -0.05) is 47.5 Å². The summed E-state index contributed by atoms with van der Waals surface area (Å²) in [6, 6.07) is 21.6. The summed E-state index contributed by atoms with van der Waals surface area (Å²) in [5.41, 5.74) is 19.2. The van der Waals surface area contributed by atoms with Crippen molar-refractivity contribution in [3.8, 4) is 22.3 Å². The van der Waals surface area contributed by atoms with E-state index in [9.17, 15) is 24.3 Å². The largest absolute Gasteiger partial charge is 0.478 e. The fourth-order valence-corrected chi connectivity index (χ4v) is 4.64. The summed E-state index contributed by atoms with van der Waals surface area (Å²) >= 11 is 0. The van der Waals surface area contributed by atoms with Crippen LogP contribution >= 0.6 is 0 Å². The van der Waals surface area contributed by atoms with E-state index in [1.54, 1.807) is 24.3 Å². The number of nitrogens with two attached hydrogens (primary N) is 2. The lowest BCUT2D eigenvalue weighted by Crippen LogP contribution is -2.24. The molecule has 0 radical (unpaired) electrons. The number of aliphatic imine (C=N–C) groups is 1. The number of nitrogens with one attached hydrogen (secondary N) is 2. The lowest BCUT2D eigenvalue weighted by molar-refractivity contribution is 0.0696. The number of nitrogens with zero attached hydrogens (tertiary/aromatic N) is 1. The van der Waals surface area contributed by atoms with Gasteiger partial charge >= 0.3 is 5.97 Å². The third-order valence-corrected chi connectivity index (χ3v) is 6.98. The molecule has 0 unspecified atom stereocenters. The third-order valence-electron chi connectivity index (χ3n) is 6.98. The minimum absolute atomic E-state index is 0.104. The van der Waals surface area contributed by atoms with Crippen LogP contribution in [0.2, 0.25) is 0 Å². The Morgan fingerprint density at radius 2 is 1.00 bits per heavy atom. The number of amides is 3. The van der Waals surface area contributed by atoms with Gasteiger partial charge in [-0.15, -0.1) is 0 Å². The van der Waals surface area contributed by atoms with Gasteiger partial charge in [0.05, 0.1) is 5.56 Å². The van der Waals surface area contributed by atoms with Gasteiger partial charge in [-0.25, -0.2) is 4.79 Å². The van der Waals surface area contributed by atoms with Crippen molar-refractivity contribution in [1.82, 2.24) is 10.6 Å². The first kappa shape index (κ1) is 33.7. The monoisotopic (exact) mass is 607 g/mol. The molecule has 4 aromatic carbocycles. The smallest absolute Gasteiger partial charge is 0.335 e. The zero-order chi connectivity index (χ0) is 33.4. The van der Waals surface area contributed by atoms with Crippen molar-refractivity contribution < 1.29 is 24.3 Å². The van der Waals surface area contributed by atoms with E-state index in [1.165, 1.54) is 26.2 Å². The van der Waals surface area contributed by atoms with Gasteiger partial charge in [-0.05, 0) is 97.5 Å². The molecule has 4 aromatic rings. The van der Waals surface area contributed by atoms with E-state index in [0.717, 1.165) is 44.5 Å². The fraction of sp³-hybridized carbons (Fsp3) is 0.171. The van der Waals surface area contributed by atoms with Crippen molar-refractivity contribution in [1.29, 1.82) is 0 Å². The normalized spacial score (nSPS) is 10.2. The molecule has 0 aliphatic rings. The van der Waals surface area contributed by atoms with E-state index in [-0.39, 0.29) is 28.9 Å². The van der Waals surface area contributed by atoms with Crippen LogP contribution in [0.4, 0.5) is 0 Å². The molecule has 0 aliphatic heterocycles. The van der Waals surface area contributed by atoms with Gasteiger partial charge in [0.1, 0.15) is 0 Å². The Kier molecular flexibility index (Phi) is 10.9. The van der Waals surface area contributed by atoms with Crippen LogP contribution in [0.25, 0.3) is 22.3 Å². The van der Waals surface area contributed by atoms with Crippen LogP contribution in [0.1, 0.15) is 63.7 Å². The molecular weight excluding hydrogens is 570 g/mol. The van der Waals surface area contributed by atoms with Crippen LogP contribution in [-0.4, -0.2) is 48.9 Å². The van der Waals surface area contributed by atoms with Gasteiger partial charge in [-0.3, -0.25) is 14.4 Å². The third kappa shape index (κ3) is 8.64. The number of carboxylic acid groups (broad SMARTS) is 1. The van der Waals surface area contributed by atoms with E-state index in [0.29, 0.717) is 11.1 Å². The summed E-state index contributed by atoms with van der Waals surface area (Å²) < 4.78 is 0. The van der Waals surface area contributed by atoms with Gasteiger partial charge < -0.3 is 27.2 Å². The number of carboxylic acids is 1. The highest BCUT2D eigenvalue weighted by Gasteiger charge is 2.15. The number of carbonyl (C=O) groups excluding carboxylic acids is 3. The Balaban J connectivity index is 0.000000248. The van der Waals surface area contributed by atoms with E-state index < -0.39 is 11.9 Å². The minimum atomic E-state index is -1.05. The molecule has 3 amide bonds. The molecule has 0 aliphatic carbocycles. The van der Waals surface area contributed by atoms with Crippen LogP contribution in [0, 0.1) is 27.7 Å². The number of aryl methyl sites for hydroxylation is 4. The quantitative estimate of drug-likeness (QED) is 0.155. The summed E-state index contributed by atoms with van der Waals surface area (Å²) in [6.07, 6.45) is 0. The summed E-state index contributed by atoms with van der Waals surface area (Å²) in [6.45, 7) is 7.89. The predicted octanol–water partition coefficient (Wildman–Crippen LogP) is 4.77. The number of benzene rings is 4. The van der Waals surface area contributed by atoms with E-state index >= 15 is 0 Å². The van der Waals surface area contributed by atoms with Crippen LogP contribution in [0.3, 0.4) is 0 Å². The number of rotatable bonds is 6. The lowest BCUT2D eigenvalue weighted by atomic mass is 9.94. The Hall–Kier alpha value is -5.77. The minimum Gasteiger partial charge on any atom is -0.478 e. The van der Waals surface area contributed by atoms with E-state index in [4.69, 9.17) is 11.5 Å². The SMILES string of the molecule is CNC(=O)c1cc(C(=O)N=C(N)N)cc(-c2cc(C)ccc2C)c1.CNC(=O)c1cc(C(=O)O)cc(-c2cc(C)ccc2C)c1. The first-order valence-corrected chi connectivity index (χ1v) is 14.0. The van der Waals surface area contributed by atoms with E-state index in [1.807, 2.05) is 64.1 Å². The molecule has 0 aromatic heterocycles. The highest BCUT2D eigenvalue weighted by molar-refractivity contribution is 6.05. The van der Waals surface area contributed by atoms with Crippen LogP contribution in [0.5, 0.6) is 0 Å². The fourth-order valence-electron chi connectivity index (χ4n) is 4.64. The molecule has 0 atom stereocenters. The molecule has 45 heavy (non-hydrogen) atoms. The Morgan fingerprint density at radius 3 is 1.40 bits per heavy atom. The van der Waals surface area contributed by atoms with Gasteiger partial charge in [0.25, 0.3) is 17.7 Å². The van der Waals surface area contributed by atoms with Crippen LogP contribution in [0.15, 0.2) is 77.8 Å². The van der Waals surface area contributed by atoms with Crippen LogP contribution in [-0.2, 0) is 0 Å². The molecule has 0 spiro atoms. The molecule has 232 valence electrons. The van der Waals surface area contributed by atoms with Gasteiger partial charge in [0.2, 0.25) is 0 Å². The second-order valence-corrected chi connectivity index (χ2v) is 10.5. The number of aromatic carboxylic acids is 1. The molecule has 10 heteroatoms. The summed E-state index contributed by atoms with van der Waals surface area (Å²) in [5.74, 6) is -2.55. The van der Waals surface area contributed by atoms with Gasteiger partial charge in [-0.2, -0.15) is 4.99 Å². The molecule has 0 saturated carbocycles. The average Bonchev–Trinajstić information content (AvgIpc) is 3.01. The number of hydrogen-bond acceptors (Lipinski definition) is 4. The molecule has 0 heterocycles. The summed E-state index contributed by atoms with van der Waals surface area (Å²) in [7, 11) is 3.05. The number of guanidine groups is 1. The first-order valence-electron chi connectivity index (χ1n) is 14.0. The van der Waals surface area contributed by atoms with Crippen LogP contribution < -0.4 is 22.1 Å². The number of hydrogen-bond donors (Lipinski definition) is 5. The van der Waals surface area contributed by atoms with Crippen molar-refractivity contribution in [2.24, 2.45) is 16.5 Å².